The summed E-state index contributed by atoms with van der Waals surface area (Å²) in [6, 6.07) is 20.5. The number of H-pyrrole nitrogens is 1. The van der Waals surface area contributed by atoms with Crippen molar-refractivity contribution in [1.29, 1.82) is 0 Å². The Kier molecular flexibility index (Phi) is 19.2. The van der Waals surface area contributed by atoms with Gasteiger partial charge in [-0.3, -0.25) is 24.2 Å². The maximum atomic E-state index is 14.5. The van der Waals surface area contributed by atoms with E-state index in [0.29, 0.717) is 35.2 Å². The Bertz CT molecular complexity index is 2520. The van der Waals surface area contributed by atoms with Gasteiger partial charge in [-0.2, -0.15) is 4.72 Å². The molecule has 68 heavy (non-hydrogen) atoms. The van der Waals surface area contributed by atoms with Gasteiger partial charge in [0, 0.05) is 61.0 Å². The molecule has 0 spiro atoms. The zero-order chi connectivity index (χ0) is 49.5. The van der Waals surface area contributed by atoms with Gasteiger partial charge in [-0.15, -0.1) is 0 Å². The number of hydrogen-bond acceptors (Lipinski definition) is 10. The van der Waals surface area contributed by atoms with Crippen molar-refractivity contribution in [2.45, 2.75) is 115 Å². The molecule has 0 aliphatic rings. The third-order valence-corrected chi connectivity index (χ3v) is 13.8. The Morgan fingerprint density at radius 1 is 0.750 bits per heavy atom. The van der Waals surface area contributed by atoms with Crippen LogP contribution in [-0.2, 0) is 48.6 Å². The molecule has 0 aliphatic carbocycles. The van der Waals surface area contributed by atoms with Crippen LogP contribution in [-0.4, -0.2) is 96.5 Å². The maximum Gasteiger partial charge on any atom is 0.243 e. The first-order chi connectivity index (χ1) is 32.4. The van der Waals surface area contributed by atoms with Crippen LogP contribution in [0.1, 0.15) is 77.8 Å². The molecule has 2 aromatic heterocycles. The molecule has 366 valence electrons. The number of carbonyl (C=O) groups is 4. The highest BCUT2D eigenvalue weighted by Gasteiger charge is 2.36. The number of hydrogen-bond donors (Lipinski definition) is 7. The highest BCUT2D eigenvalue weighted by molar-refractivity contribution is 7.89. The van der Waals surface area contributed by atoms with Gasteiger partial charge in [0.1, 0.15) is 18.1 Å². The maximum absolute atomic E-state index is 14.5. The van der Waals surface area contributed by atoms with E-state index in [1.165, 1.54) is 18.6 Å². The van der Waals surface area contributed by atoms with Crippen LogP contribution in [0.25, 0.3) is 10.8 Å². The molecule has 0 saturated carbocycles. The van der Waals surface area contributed by atoms with Gasteiger partial charge in [0.25, 0.3) is 0 Å². The van der Waals surface area contributed by atoms with Gasteiger partial charge in [0.05, 0.1) is 35.6 Å². The molecule has 17 heteroatoms. The molecule has 0 fully saturated rings. The number of aliphatic hydroxyl groups excluding tert-OH is 1. The molecule has 7 N–H and O–H groups in total. The number of aliphatic hydroxyl groups is 1. The van der Waals surface area contributed by atoms with Gasteiger partial charge < -0.3 is 36.3 Å². The highest BCUT2D eigenvalue weighted by Crippen LogP contribution is 2.30. The Morgan fingerprint density at radius 2 is 1.44 bits per heavy atom. The summed E-state index contributed by atoms with van der Waals surface area (Å²) in [7, 11) is -0.595. The summed E-state index contributed by atoms with van der Waals surface area (Å²) >= 11 is 0. The summed E-state index contributed by atoms with van der Waals surface area (Å²) in [5.41, 5.74) is 2.70. The number of amides is 4. The predicted molar refractivity (Wildman–Crippen MR) is 265 cm³/mol. The average molecular weight is 952 g/mol. The first-order valence-electron chi connectivity index (χ1n) is 23.4. The molecule has 0 aliphatic heterocycles. The molecule has 0 radical (unpaired) electrons. The fourth-order valence-electron chi connectivity index (χ4n) is 8.24. The van der Waals surface area contributed by atoms with Crippen LogP contribution in [0.2, 0.25) is 0 Å². The van der Waals surface area contributed by atoms with E-state index in [1.807, 2.05) is 84.8 Å². The number of imidazole rings is 1. The Balaban J connectivity index is 1.38. The number of carbonyl (C=O) groups excluding carboxylic acids is 4. The lowest BCUT2D eigenvalue weighted by molar-refractivity contribution is -0.134. The summed E-state index contributed by atoms with van der Waals surface area (Å²) in [5, 5.41) is 24.8. The molecule has 16 nitrogen and oxygen atoms in total. The minimum absolute atomic E-state index is 0.00511. The Hall–Kier alpha value is -6.17. The first-order valence-corrected chi connectivity index (χ1v) is 24.9. The van der Waals surface area contributed by atoms with Crippen LogP contribution in [0.4, 0.5) is 5.69 Å². The van der Waals surface area contributed by atoms with E-state index in [9.17, 15) is 32.7 Å². The van der Waals surface area contributed by atoms with Gasteiger partial charge in [0.15, 0.2) is 0 Å². The third kappa shape index (κ3) is 14.7. The number of benzene rings is 3. The van der Waals surface area contributed by atoms with Gasteiger partial charge in [-0.05, 0) is 66.8 Å². The van der Waals surface area contributed by atoms with Crippen LogP contribution < -0.4 is 30.9 Å². The van der Waals surface area contributed by atoms with Crippen LogP contribution in [0.15, 0.2) is 109 Å². The van der Waals surface area contributed by atoms with E-state index in [-0.39, 0.29) is 54.4 Å². The lowest BCUT2D eigenvalue weighted by Crippen LogP contribution is -2.57. The van der Waals surface area contributed by atoms with Crippen LogP contribution >= 0.6 is 0 Å². The smallest absolute Gasteiger partial charge is 0.243 e. The van der Waals surface area contributed by atoms with Crippen molar-refractivity contribution in [2.75, 3.05) is 19.0 Å². The molecule has 0 bridgehead atoms. The van der Waals surface area contributed by atoms with Crippen molar-refractivity contribution in [2.24, 2.45) is 23.7 Å². The molecule has 5 aromatic rings. The second-order valence-corrected chi connectivity index (χ2v) is 20.2. The second kappa shape index (κ2) is 24.7. The highest BCUT2D eigenvalue weighted by atomic mass is 32.2. The minimum Gasteiger partial charge on any atom is -0.391 e. The molecule has 2 heterocycles. The number of pyridine rings is 1. The summed E-state index contributed by atoms with van der Waals surface area (Å²) in [5.74, 6) is -3.32. The van der Waals surface area contributed by atoms with Crippen molar-refractivity contribution < 1.29 is 32.7 Å². The Morgan fingerprint density at radius 3 is 2.07 bits per heavy atom. The van der Waals surface area contributed by atoms with E-state index < -0.39 is 63.9 Å². The number of fused-ring (bicyclic) bond motifs is 1. The normalized spacial score (nSPS) is 14.9. The van der Waals surface area contributed by atoms with E-state index >= 15 is 0 Å². The largest absolute Gasteiger partial charge is 0.391 e. The third-order valence-electron chi connectivity index (χ3n) is 12.3. The van der Waals surface area contributed by atoms with Crippen LogP contribution in [0.5, 0.6) is 0 Å². The number of nitrogens with one attached hydrogen (secondary N) is 6. The molecule has 5 rings (SSSR count). The predicted octanol–water partition coefficient (Wildman–Crippen LogP) is 5.04. The lowest BCUT2D eigenvalue weighted by Gasteiger charge is -2.32. The van der Waals surface area contributed by atoms with Crippen molar-refractivity contribution >= 4 is 50.1 Å². The van der Waals surface area contributed by atoms with E-state index in [1.54, 1.807) is 60.8 Å². The molecular weight excluding hydrogens is 883 g/mol. The van der Waals surface area contributed by atoms with Crippen molar-refractivity contribution in [1.82, 2.24) is 40.9 Å². The van der Waals surface area contributed by atoms with Crippen LogP contribution in [0.3, 0.4) is 0 Å². The molecule has 3 aromatic carbocycles. The zero-order valence-corrected chi connectivity index (χ0v) is 41.2. The zero-order valence-electron chi connectivity index (χ0n) is 40.4. The summed E-state index contributed by atoms with van der Waals surface area (Å²) in [6.45, 7) is 11.6. The first kappa shape index (κ1) is 52.8. The number of rotatable bonds is 25. The second-order valence-electron chi connectivity index (χ2n) is 18.5. The molecular formula is C51H69N9O7S. The topological polar surface area (TPSA) is 228 Å². The van der Waals surface area contributed by atoms with Gasteiger partial charge >= 0.3 is 0 Å². The Labute approximate surface area is 400 Å². The fraction of sp³-hybridized carbons (Fsp3) is 0.451. The number of nitrogens with zero attached hydrogens (tertiary/aromatic N) is 3. The SMILES string of the molecule is CC[C@H](C)[C@H](NC(=O)[C@@H](C[C@H](O)[C@H](CC(C)C)NC(=O)[C@H](Cc1cnc[nH]1)NC(=O)[C@@H](Cc1ccccc1)NS(=O)(=O)c1cccc2c(N(C)C)cccc12)C(C)C)C(=O)NCc1ccccn1. The van der Waals surface area contributed by atoms with Gasteiger partial charge in [0.2, 0.25) is 33.7 Å². The summed E-state index contributed by atoms with van der Waals surface area (Å²) in [6.07, 6.45) is 4.24. The summed E-state index contributed by atoms with van der Waals surface area (Å²) < 4.78 is 31.4. The standard InChI is InChI=1S/C51H69N9O7S/c1-9-34(6)47(51(65)54-30-36-19-13-14-24-53-36)58-48(62)40(33(4)5)28-45(61)41(25-32(2)3)56-49(63)42(27-37-29-52-31-55-37)57-50(64)43(26-35-17-11-10-12-18-35)59-68(66,67)46-23-16-20-38-39(46)21-15-22-44(38)60(7)8/h10-24,29,31-34,40-43,45,47,59,61H,9,25-28,30H2,1-8H3,(H,52,55)(H,54,65)(H,56,63)(H,57,64)(H,58,62)/t34-,40-,41-,42-,43+,45-,47-/m0/s1. The van der Waals surface area contributed by atoms with E-state index in [4.69, 9.17) is 0 Å². The summed E-state index contributed by atoms with van der Waals surface area (Å²) in [4.78, 5) is 69.9. The molecule has 4 amide bonds. The number of anilines is 1. The molecule has 7 atom stereocenters. The van der Waals surface area contributed by atoms with Gasteiger partial charge in [-0.1, -0.05) is 109 Å². The number of aromatic amines is 1. The van der Waals surface area contributed by atoms with Crippen molar-refractivity contribution in [3.8, 4) is 0 Å². The van der Waals surface area contributed by atoms with Crippen molar-refractivity contribution in [3.63, 3.8) is 0 Å². The monoisotopic (exact) mass is 952 g/mol. The van der Waals surface area contributed by atoms with E-state index in [2.05, 4.69) is 40.9 Å². The number of aromatic nitrogens is 3. The molecule has 0 saturated heterocycles. The molecule has 0 unspecified atom stereocenters. The van der Waals surface area contributed by atoms with Crippen molar-refractivity contribution in [3.05, 3.63) is 121 Å². The van der Waals surface area contributed by atoms with E-state index in [0.717, 1.165) is 11.1 Å². The van der Waals surface area contributed by atoms with Gasteiger partial charge in [-0.25, -0.2) is 13.4 Å². The number of sulfonamides is 1. The minimum atomic E-state index is -4.34. The fourth-order valence-corrected chi connectivity index (χ4v) is 9.65. The van der Waals surface area contributed by atoms with Crippen LogP contribution in [0, 0.1) is 23.7 Å². The lowest BCUT2D eigenvalue weighted by atomic mass is 9.85. The quantitative estimate of drug-likeness (QED) is 0.0413. The average Bonchev–Trinajstić information content (AvgIpc) is 3.83.